The smallest absolute Gasteiger partial charge is 0.416 e. The van der Waals surface area contributed by atoms with E-state index in [4.69, 9.17) is 4.74 Å². The van der Waals surface area contributed by atoms with Gasteiger partial charge in [-0.05, 0) is 37.3 Å². The Morgan fingerprint density at radius 1 is 1.25 bits per heavy atom. The van der Waals surface area contributed by atoms with Crippen molar-refractivity contribution >= 4 is 30.4 Å². The Labute approximate surface area is 184 Å². The van der Waals surface area contributed by atoms with Gasteiger partial charge in [-0.15, -0.1) is 9.24 Å². The van der Waals surface area contributed by atoms with E-state index in [1.54, 1.807) is 0 Å². The maximum absolute atomic E-state index is 14.3. The SMILES string of the molecule is O=C1Nc2nccc(-c3cc(C(F)(F)F)cc(C4(CP)CCNC4)n3)c2C(C(F)(F)P)O1. The number of carbonyl (C=O) groups is 1. The molecule has 2 aliphatic rings. The van der Waals surface area contributed by atoms with Crippen molar-refractivity contribution in [3.8, 4) is 11.3 Å². The maximum atomic E-state index is 14.3. The van der Waals surface area contributed by atoms with E-state index in [1.165, 1.54) is 21.5 Å². The normalized spacial score (nSPS) is 23.5. The number of halogens is 5. The second kappa shape index (κ2) is 8.12. The highest BCUT2D eigenvalue weighted by molar-refractivity contribution is 7.18. The van der Waals surface area contributed by atoms with Crippen molar-refractivity contribution in [2.45, 2.75) is 29.8 Å². The molecule has 1 amide bonds. The quantitative estimate of drug-likeness (QED) is 0.491. The number of anilines is 1. The summed E-state index contributed by atoms with van der Waals surface area (Å²) in [5, 5.41) is 5.37. The topological polar surface area (TPSA) is 76.1 Å². The molecule has 4 atom stereocenters. The number of carbonyl (C=O) groups excluding carboxylic acids is 1. The van der Waals surface area contributed by atoms with Gasteiger partial charge >= 0.3 is 12.3 Å². The van der Waals surface area contributed by atoms with Crippen LogP contribution in [0, 0.1) is 0 Å². The highest BCUT2D eigenvalue weighted by Crippen LogP contribution is 2.48. The number of rotatable bonds is 4. The van der Waals surface area contributed by atoms with Crippen molar-refractivity contribution in [2.24, 2.45) is 0 Å². The number of ether oxygens (including phenoxy) is 1. The summed E-state index contributed by atoms with van der Waals surface area (Å²) in [7, 11) is 3.84. The zero-order valence-electron chi connectivity index (χ0n) is 16.5. The van der Waals surface area contributed by atoms with Gasteiger partial charge in [-0.2, -0.15) is 22.0 Å². The standard InChI is InChI=1S/C19H19F5N4O2P2/c20-18(21,22)9-5-11(27-12(6-9)17(8-31)2-4-25-7-17)10-1-3-26-15-13(10)14(19(23,24)32)30-16(29)28-15/h1,3,5-6,14,25H,2,4,7-8,31-32H2,(H,26,28,29). The highest BCUT2D eigenvalue weighted by atomic mass is 31.0. The van der Waals surface area contributed by atoms with Gasteiger partial charge in [-0.3, -0.25) is 10.3 Å². The lowest BCUT2D eigenvalue weighted by Crippen LogP contribution is -2.34. The molecule has 1 fully saturated rings. The third-order valence-electron chi connectivity index (χ3n) is 5.65. The van der Waals surface area contributed by atoms with Gasteiger partial charge in [-0.25, -0.2) is 9.78 Å². The molecule has 2 aromatic rings. The average molecular weight is 492 g/mol. The zero-order chi connectivity index (χ0) is 23.3. The number of aromatic nitrogens is 2. The number of nitrogens with one attached hydrogen (secondary N) is 2. The molecule has 4 heterocycles. The number of amides is 1. The van der Waals surface area contributed by atoms with Crippen LogP contribution in [0.15, 0.2) is 24.4 Å². The number of cyclic esters (lactones) is 1. The van der Waals surface area contributed by atoms with E-state index >= 15 is 0 Å². The Morgan fingerprint density at radius 2 is 2.00 bits per heavy atom. The van der Waals surface area contributed by atoms with Crippen LogP contribution in [0.25, 0.3) is 11.3 Å². The predicted molar refractivity (Wildman–Crippen MR) is 114 cm³/mol. The van der Waals surface area contributed by atoms with Crippen molar-refractivity contribution in [3.63, 3.8) is 0 Å². The van der Waals surface area contributed by atoms with Crippen LogP contribution in [0.5, 0.6) is 0 Å². The molecule has 0 bridgehead atoms. The molecule has 2 aromatic heterocycles. The minimum absolute atomic E-state index is 0.0284. The molecule has 13 heteroatoms. The van der Waals surface area contributed by atoms with E-state index in [0.717, 1.165) is 12.1 Å². The lowest BCUT2D eigenvalue weighted by atomic mass is 9.84. The monoisotopic (exact) mass is 492 g/mol. The van der Waals surface area contributed by atoms with Crippen molar-refractivity contribution in [3.05, 3.63) is 41.2 Å². The number of nitrogens with zero attached hydrogens (tertiary/aromatic N) is 2. The van der Waals surface area contributed by atoms with Crippen molar-refractivity contribution in [2.75, 3.05) is 24.6 Å². The van der Waals surface area contributed by atoms with Crippen LogP contribution in [0.3, 0.4) is 0 Å². The van der Waals surface area contributed by atoms with Crippen molar-refractivity contribution < 1.29 is 31.5 Å². The summed E-state index contributed by atoms with van der Waals surface area (Å²) in [4.78, 5) is 20.1. The molecule has 32 heavy (non-hydrogen) atoms. The van der Waals surface area contributed by atoms with Crippen molar-refractivity contribution in [1.82, 2.24) is 15.3 Å². The summed E-state index contributed by atoms with van der Waals surface area (Å²) < 4.78 is 74.7. The highest BCUT2D eigenvalue weighted by Gasteiger charge is 2.46. The Hall–Kier alpha value is -1.96. The zero-order valence-corrected chi connectivity index (χ0v) is 18.8. The summed E-state index contributed by atoms with van der Waals surface area (Å²) in [5.74, 6) is -0.213. The van der Waals surface area contributed by atoms with Crippen LogP contribution in [0.4, 0.5) is 32.6 Å². The summed E-state index contributed by atoms with van der Waals surface area (Å²) in [5.41, 5.74) is -5.40. The first-order valence-electron chi connectivity index (χ1n) is 9.59. The number of hydrogen-bond donors (Lipinski definition) is 2. The predicted octanol–water partition coefficient (Wildman–Crippen LogP) is 4.34. The average Bonchev–Trinajstić information content (AvgIpc) is 3.21. The molecular weight excluding hydrogens is 473 g/mol. The lowest BCUT2D eigenvalue weighted by molar-refractivity contribution is -0.137. The van der Waals surface area contributed by atoms with Crippen LogP contribution in [0.1, 0.15) is 29.3 Å². The van der Waals surface area contributed by atoms with Gasteiger partial charge in [0.15, 0.2) is 6.10 Å². The van der Waals surface area contributed by atoms with Crippen LogP contribution < -0.4 is 10.6 Å². The Kier molecular flexibility index (Phi) is 5.89. The third kappa shape index (κ3) is 4.18. The minimum Gasteiger partial charge on any atom is -0.434 e. The van der Waals surface area contributed by atoms with Crippen LogP contribution in [-0.4, -0.2) is 41.0 Å². The van der Waals surface area contributed by atoms with E-state index in [1.807, 2.05) is 0 Å². The lowest BCUT2D eigenvalue weighted by Gasteiger charge is -2.31. The molecule has 2 N–H and O–H groups in total. The van der Waals surface area contributed by atoms with Crippen LogP contribution in [-0.2, 0) is 16.3 Å². The molecule has 0 spiro atoms. The fourth-order valence-corrected chi connectivity index (χ4v) is 4.76. The Balaban J connectivity index is 1.96. The van der Waals surface area contributed by atoms with Gasteiger partial charge in [0.2, 0.25) is 0 Å². The fourth-order valence-electron chi connectivity index (χ4n) is 3.97. The third-order valence-corrected chi connectivity index (χ3v) is 6.74. The van der Waals surface area contributed by atoms with Gasteiger partial charge < -0.3 is 10.1 Å². The summed E-state index contributed by atoms with van der Waals surface area (Å²) in [6.45, 7) is 1.05. The molecule has 0 aliphatic carbocycles. The van der Waals surface area contributed by atoms with Crippen molar-refractivity contribution in [1.29, 1.82) is 0 Å². The molecule has 4 rings (SSSR count). The van der Waals surface area contributed by atoms with Crippen LogP contribution in [0.2, 0.25) is 0 Å². The number of pyridine rings is 2. The molecule has 6 nitrogen and oxygen atoms in total. The van der Waals surface area contributed by atoms with E-state index < -0.39 is 35.0 Å². The molecular formula is C19H19F5N4O2P2. The maximum Gasteiger partial charge on any atom is 0.416 e. The van der Waals surface area contributed by atoms with E-state index in [0.29, 0.717) is 25.7 Å². The second-order valence-corrected chi connectivity index (χ2v) is 8.92. The molecule has 0 radical (unpaired) electrons. The van der Waals surface area contributed by atoms with E-state index in [9.17, 15) is 26.7 Å². The summed E-state index contributed by atoms with van der Waals surface area (Å²) >= 11 is 0. The van der Waals surface area contributed by atoms with Gasteiger partial charge in [0.1, 0.15) is 5.82 Å². The number of fused-ring (bicyclic) bond motifs is 1. The van der Waals surface area contributed by atoms with E-state index in [-0.39, 0.29) is 28.3 Å². The van der Waals surface area contributed by atoms with Gasteiger partial charge in [0.25, 0.3) is 5.66 Å². The first-order valence-corrected chi connectivity index (χ1v) is 11.0. The number of hydrogen-bond acceptors (Lipinski definition) is 5. The minimum atomic E-state index is -4.68. The Bertz CT molecular complexity index is 1050. The van der Waals surface area contributed by atoms with Crippen LogP contribution >= 0.6 is 18.5 Å². The van der Waals surface area contributed by atoms with Gasteiger partial charge in [0, 0.05) is 29.4 Å². The van der Waals surface area contributed by atoms with Gasteiger partial charge in [0.05, 0.1) is 16.8 Å². The summed E-state index contributed by atoms with van der Waals surface area (Å²) in [6.07, 6.45) is -5.63. The second-order valence-electron chi connectivity index (χ2n) is 7.74. The molecule has 1 saturated heterocycles. The first kappa shape index (κ1) is 23.2. The molecule has 2 aliphatic heterocycles. The molecule has 172 valence electrons. The molecule has 0 aromatic carbocycles. The molecule has 0 saturated carbocycles. The van der Waals surface area contributed by atoms with E-state index in [2.05, 4.69) is 29.8 Å². The Morgan fingerprint density at radius 3 is 2.59 bits per heavy atom. The molecule has 4 unspecified atom stereocenters. The number of alkyl halides is 5. The van der Waals surface area contributed by atoms with Gasteiger partial charge in [-0.1, -0.05) is 9.24 Å². The fraction of sp³-hybridized carbons (Fsp3) is 0.421. The first-order chi connectivity index (χ1) is 14.9. The summed E-state index contributed by atoms with van der Waals surface area (Å²) in [6, 6.07) is 3.11. The largest absolute Gasteiger partial charge is 0.434 e.